The van der Waals surface area contributed by atoms with Crippen LogP contribution in [0.1, 0.15) is 21.4 Å². The molecule has 0 aliphatic carbocycles. The van der Waals surface area contributed by atoms with Crippen molar-refractivity contribution in [1.82, 2.24) is 9.78 Å². The molecule has 1 unspecified atom stereocenters. The van der Waals surface area contributed by atoms with Crippen LogP contribution in [0.4, 0.5) is 0 Å². The summed E-state index contributed by atoms with van der Waals surface area (Å²) in [5.41, 5.74) is 0.842. The molecule has 0 bridgehead atoms. The SMILES string of the molecule is Cc1ccc(C(O)c2cnn(C)c2)s1. The number of aromatic nitrogens is 2. The Kier molecular flexibility index (Phi) is 2.39. The average Bonchev–Trinajstić information content (AvgIpc) is 2.73. The van der Waals surface area contributed by atoms with E-state index in [1.165, 1.54) is 4.88 Å². The van der Waals surface area contributed by atoms with E-state index in [4.69, 9.17) is 0 Å². The number of aryl methyl sites for hydroxylation is 2. The number of nitrogens with zero attached hydrogens (tertiary/aromatic N) is 2. The van der Waals surface area contributed by atoms with Crippen molar-refractivity contribution in [3.63, 3.8) is 0 Å². The molecule has 0 aliphatic heterocycles. The van der Waals surface area contributed by atoms with E-state index in [9.17, 15) is 5.11 Å². The first-order valence-corrected chi connectivity index (χ1v) is 5.21. The third kappa shape index (κ3) is 1.71. The largest absolute Gasteiger partial charge is 0.383 e. The summed E-state index contributed by atoms with van der Waals surface area (Å²) in [6.07, 6.45) is 2.99. The molecule has 0 saturated carbocycles. The molecule has 0 saturated heterocycles. The Hall–Kier alpha value is -1.13. The van der Waals surface area contributed by atoms with Gasteiger partial charge in [-0.05, 0) is 19.1 Å². The maximum Gasteiger partial charge on any atom is 0.116 e. The number of hydrogen-bond acceptors (Lipinski definition) is 3. The second kappa shape index (κ2) is 3.55. The van der Waals surface area contributed by atoms with Crippen LogP contribution in [0.3, 0.4) is 0 Å². The molecule has 2 aromatic heterocycles. The highest BCUT2D eigenvalue weighted by Crippen LogP contribution is 2.27. The topological polar surface area (TPSA) is 38.1 Å². The van der Waals surface area contributed by atoms with E-state index in [1.54, 1.807) is 22.2 Å². The van der Waals surface area contributed by atoms with Crippen molar-refractivity contribution in [2.75, 3.05) is 0 Å². The first-order valence-electron chi connectivity index (χ1n) is 4.40. The van der Waals surface area contributed by atoms with Gasteiger partial charge in [-0.25, -0.2) is 0 Å². The Labute approximate surface area is 86.6 Å². The summed E-state index contributed by atoms with van der Waals surface area (Å²) in [5.74, 6) is 0. The molecule has 2 heterocycles. The van der Waals surface area contributed by atoms with Crippen molar-refractivity contribution < 1.29 is 5.11 Å². The minimum absolute atomic E-state index is 0.539. The molecule has 0 aromatic carbocycles. The van der Waals surface area contributed by atoms with Crippen molar-refractivity contribution >= 4 is 11.3 Å². The van der Waals surface area contributed by atoms with E-state index in [0.29, 0.717) is 0 Å². The van der Waals surface area contributed by atoms with E-state index >= 15 is 0 Å². The molecule has 74 valence electrons. The lowest BCUT2D eigenvalue weighted by molar-refractivity contribution is 0.224. The molecule has 1 atom stereocenters. The van der Waals surface area contributed by atoms with E-state index in [0.717, 1.165) is 10.4 Å². The molecule has 1 N–H and O–H groups in total. The van der Waals surface area contributed by atoms with E-state index in [-0.39, 0.29) is 0 Å². The molecule has 2 aromatic rings. The van der Waals surface area contributed by atoms with Gasteiger partial charge in [0, 0.05) is 28.6 Å². The normalized spacial score (nSPS) is 13.1. The summed E-state index contributed by atoms with van der Waals surface area (Å²) in [7, 11) is 1.84. The molecule has 4 heteroatoms. The number of rotatable bonds is 2. The smallest absolute Gasteiger partial charge is 0.116 e. The lowest BCUT2D eigenvalue weighted by Crippen LogP contribution is -1.94. The van der Waals surface area contributed by atoms with Gasteiger partial charge in [-0.3, -0.25) is 4.68 Å². The molecule has 0 amide bonds. The predicted molar refractivity (Wildman–Crippen MR) is 56.3 cm³/mol. The van der Waals surface area contributed by atoms with Gasteiger partial charge in [0.1, 0.15) is 6.10 Å². The van der Waals surface area contributed by atoms with Crippen molar-refractivity contribution in [2.24, 2.45) is 7.05 Å². The Bertz CT molecular complexity index is 393. The molecule has 0 fully saturated rings. The van der Waals surface area contributed by atoms with Crippen LogP contribution in [0.2, 0.25) is 0 Å². The van der Waals surface area contributed by atoms with Crippen LogP contribution in [-0.2, 0) is 7.05 Å². The zero-order chi connectivity index (χ0) is 10.1. The summed E-state index contributed by atoms with van der Waals surface area (Å²) in [4.78, 5) is 2.18. The number of hydrogen-bond donors (Lipinski definition) is 1. The molecule has 0 aliphatic rings. The third-order valence-corrected chi connectivity index (χ3v) is 3.12. The molecule has 2 rings (SSSR count). The maximum atomic E-state index is 9.98. The number of aliphatic hydroxyl groups excluding tert-OH is 1. The summed E-state index contributed by atoms with van der Waals surface area (Å²) < 4.78 is 1.69. The lowest BCUT2D eigenvalue weighted by Gasteiger charge is -2.04. The second-order valence-electron chi connectivity index (χ2n) is 3.30. The van der Waals surface area contributed by atoms with Crippen LogP contribution in [0.5, 0.6) is 0 Å². The van der Waals surface area contributed by atoms with Crippen LogP contribution in [-0.4, -0.2) is 14.9 Å². The molecule has 0 radical (unpaired) electrons. The average molecular weight is 208 g/mol. The van der Waals surface area contributed by atoms with E-state index < -0.39 is 6.10 Å². The highest BCUT2D eigenvalue weighted by molar-refractivity contribution is 7.12. The summed E-state index contributed by atoms with van der Waals surface area (Å²) >= 11 is 1.61. The summed E-state index contributed by atoms with van der Waals surface area (Å²) in [6.45, 7) is 2.03. The minimum atomic E-state index is -0.539. The number of aliphatic hydroxyl groups is 1. The quantitative estimate of drug-likeness (QED) is 0.818. The zero-order valence-corrected chi connectivity index (χ0v) is 8.95. The van der Waals surface area contributed by atoms with Crippen LogP contribution in [0.25, 0.3) is 0 Å². The fraction of sp³-hybridized carbons (Fsp3) is 0.300. The van der Waals surface area contributed by atoms with Crippen LogP contribution >= 0.6 is 11.3 Å². The van der Waals surface area contributed by atoms with Crippen LogP contribution in [0, 0.1) is 6.92 Å². The van der Waals surface area contributed by atoms with Gasteiger partial charge >= 0.3 is 0 Å². The van der Waals surface area contributed by atoms with Gasteiger partial charge in [0.15, 0.2) is 0 Å². The van der Waals surface area contributed by atoms with Crippen molar-refractivity contribution in [2.45, 2.75) is 13.0 Å². The zero-order valence-electron chi connectivity index (χ0n) is 8.14. The Morgan fingerprint density at radius 2 is 2.29 bits per heavy atom. The molecular weight excluding hydrogens is 196 g/mol. The monoisotopic (exact) mass is 208 g/mol. The first-order chi connectivity index (χ1) is 6.66. The standard InChI is InChI=1S/C10H12N2OS/c1-7-3-4-9(14-7)10(13)8-5-11-12(2)6-8/h3-6,10,13H,1-2H3. The van der Waals surface area contributed by atoms with Crippen molar-refractivity contribution in [3.05, 3.63) is 39.8 Å². The summed E-state index contributed by atoms with van der Waals surface area (Å²) in [5, 5.41) is 14.0. The molecule has 0 spiro atoms. The highest BCUT2D eigenvalue weighted by atomic mass is 32.1. The number of thiophene rings is 1. The fourth-order valence-corrected chi connectivity index (χ4v) is 2.24. The van der Waals surface area contributed by atoms with Crippen molar-refractivity contribution in [3.8, 4) is 0 Å². The van der Waals surface area contributed by atoms with Gasteiger partial charge in [0.25, 0.3) is 0 Å². The van der Waals surface area contributed by atoms with E-state index in [1.807, 2.05) is 32.3 Å². The summed E-state index contributed by atoms with van der Waals surface area (Å²) in [6, 6.07) is 3.97. The van der Waals surface area contributed by atoms with Crippen LogP contribution < -0.4 is 0 Å². The lowest BCUT2D eigenvalue weighted by atomic mass is 10.2. The maximum absolute atomic E-state index is 9.98. The van der Waals surface area contributed by atoms with Gasteiger partial charge in [0.2, 0.25) is 0 Å². The Balaban J connectivity index is 2.28. The fourth-order valence-electron chi connectivity index (χ4n) is 1.35. The van der Waals surface area contributed by atoms with Gasteiger partial charge < -0.3 is 5.11 Å². The minimum Gasteiger partial charge on any atom is -0.383 e. The Morgan fingerprint density at radius 1 is 1.50 bits per heavy atom. The molecule has 14 heavy (non-hydrogen) atoms. The van der Waals surface area contributed by atoms with Gasteiger partial charge in [0.05, 0.1) is 6.20 Å². The first kappa shape index (κ1) is 9.43. The molecule has 3 nitrogen and oxygen atoms in total. The van der Waals surface area contributed by atoms with Crippen LogP contribution in [0.15, 0.2) is 24.5 Å². The highest BCUT2D eigenvalue weighted by Gasteiger charge is 2.13. The van der Waals surface area contributed by atoms with E-state index in [2.05, 4.69) is 5.10 Å². The third-order valence-electron chi connectivity index (χ3n) is 2.07. The van der Waals surface area contributed by atoms with Crippen molar-refractivity contribution in [1.29, 1.82) is 0 Å². The predicted octanol–water partition coefficient (Wildman–Crippen LogP) is 1.87. The Morgan fingerprint density at radius 3 is 2.79 bits per heavy atom. The van der Waals surface area contributed by atoms with Gasteiger partial charge in [-0.15, -0.1) is 11.3 Å². The molecular formula is C10H12N2OS. The second-order valence-corrected chi connectivity index (χ2v) is 4.62. The van der Waals surface area contributed by atoms with Gasteiger partial charge in [-0.1, -0.05) is 0 Å². The van der Waals surface area contributed by atoms with Gasteiger partial charge in [-0.2, -0.15) is 5.10 Å².